The van der Waals surface area contributed by atoms with Crippen LogP contribution in [0.15, 0.2) is 16.9 Å². The zero-order valence-corrected chi connectivity index (χ0v) is 14.0. The molecule has 0 unspecified atom stereocenters. The van der Waals surface area contributed by atoms with Gasteiger partial charge in [-0.3, -0.25) is 4.79 Å². The Morgan fingerprint density at radius 1 is 1.38 bits per heavy atom. The molecule has 1 rings (SSSR count). The molecule has 1 aromatic heterocycles. The van der Waals surface area contributed by atoms with E-state index in [1.807, 2.05) is 11.8 Å². The smallest absolute Gasteiger partial charge is 0.341 e. The molecule has 0 spiro atoms. The Morgan fingerprint density at radius 2 is 2.10 bits per heavy atom. The molecule has 116 valence electrons. The third kappa shape index (κ3) is 5.00. The van der Waals surface area contributed by atoms with Crippen LogP contribution in [0.4, 0.5) is 5.69 Å². The van der Waals surface area contributed by atoms with E-state index in [0.29, 0.717) is 35.6 Å². The first kappa shape index (κ1) is 17.4. The molecule has 0 aromatic carbocycles. The first-order chi connectivity index (χ1) is 10.0. The van der Waals surface area contributed by atoms with Gasteiger partial charge in [-0.25, -0.2) is 9.78 Å². The lowest BCUT2D eigenvalue weighted by Gasteiger charge is -2.24. The Kier molecular flexibility index (Phi) is 7.14. The van der Waals surface area contributed by atoms with Crippen LogP contribution in [0, 0.1) is 0 Å². The van der Waals surface area contributed by atoms with Crippen LogP contribution in [-0.2, 0) is 14.3 Å². The van der Waals surface area contributed by atoms with E-state index in [9.17, 15) is 9.59 Å². The first-order valence-corrected chi connectivity index (χ1v) is 7.47. The second-order valence-electron chi connectivity index (χ2n) is 4.15. The van der Waals surface area contributed by atoms with E-state index >= 15 is 0 Å². The second kappa shape index (κ2) is 8.61. The van der Waals surface area contributed by atoms with Crippen LogP contribution in [0.1, 0.15) is 30.6 Å². The molecule has 1 aromatic rings. The molecule has 0 atom stereocenters. The normalized spacial score (nSPS) is 10.1. The first-order valence-electron chi connectivity index (χ1n) is 6.67. The van der Waals surface area contributed by atoms with Crippen molar-refractivity contribution in [3.63, 3.8) is 0 Å². The second-order valence-corrected chi connectivity index (χ2v) is 4.96. The monoisotopic (exact) mass is 358 g/mol. The number of halogens is 1. The van der Waals surface area contributed by atoms with E-state index in [-0.39, 0.29) is 12.4 Å². The minimum absolute atomic E-state index is 0.252. The fourth-order valence-electron chi connectivity index (χ4n) is 1.86. The number of hydrogen-bond donors (Lipinski definition) is 0. The number of anilines is 1. The number of hydrogen-bond acceptors (Lipinski definition) is 6. The predicted molar refractivity (Wildman–Crippen MR) is 82.4 cm³/mol. The van der Waals surface area contributed by atoms with Crippen molar-refractivity contribution in [1.29, 1.82) is 0 Å². The van der Waals surface area contributed by atoms with Crippen molar-refractivity contribution in [2.45, 2.75) is 20.3 Å². The summed E-state index contributed by atoms with van der Waals surface area (Å²) < 4.78 is 10.3. The molecular formula is C14H19BrN2O4. The van der Waals surface area contributed by atoms with Crippen molar-refractivity contribution in [3.8, 4) is 0 Å². The summed E-state index contributed by atoms with van der Waals surface area (Å²) in [5, 5.41) is 0. The Morgan fingerprint density at radius 3 is 2.67 bits per heavy atom. The highest BCUT2D eigenvalue weighted by Crippen LogP contribution is 2.24. The summed E-state index contributed by atoms with van der Waals surface area (Å²) in [7, 11) is 1.32. The highest BCUT2D eigenvalue weighted by molar-refractivity contribution is 9.10. The maximum atomic E-state index is 11.8. The lowest BCUT2D eigenvalue weighted by atomic mass is 10.2. The number of methoxy groups -OCH3 is 1. The third-order valence-corrected chi connectivity index (χ3v) is 3.30. The molecule has 0 saturated heterocycles. The number of pyridine rings is 1. The summed E-state index contributed by atoms with van der Waals surface area (Å²) in [6, 6.07) is 1.74. The number of nitrogens with zero attached hydrogens (tertiary/aromatic N) is 2. The Balaban J connectivity index is 2.95. The molecule has 0 amide bonds. The largest absolute Gasteiger partial charge is 0.466 e. The Bertz CT molecular complexity index is 508. The van der Waals surface area contributed by atoms with E-state index < -0.39 is 5.97 Å². The van der Waals surface area contributed by atoms with Crippen molar-refractivity contribution >= 4 is 33.6 Å². The van der Waals surface area contributed by atoms with Crippen LogP contribution >= 0.6 is 15.9 Å². The maximum Gasteiger partial charge on any atom is 0.341 e. The van der Waals surface area contributed by atoms with Gasteiger partial charge in [0.1, 0.15) is 10.2 Å². The SMILES string of the molecule is CCOC(=O)CCN(CC)c1cc(Br)ncc1C(=O)OC. The number of esters is 2. The van der Waals surface area contributed by atoms with Crippen LogP contribution in [0.3, 0.4) is 0 Å². The van der Waals surface area contributed by atoms with Crippen molar-refractivity contribution in [3.05, 3.63) is 22.4 Å². The summed E-state index contributed by atoms with van der Waals surface area (Å²) in [5.41, 5.74) is 1.04. The average Bonchev–Trinajstić information content (AvgIpc) is 2.47. The number of ether oxygens (including phenoxy) is 2. The quantitative estimate of drug-likeness (QED) is 0.550. The molecule has 21 heavy (non-hydrogen) atoms. The van der Waals surface area contributed by atoms with Gasteiger partial charge in [-0.05, 0) is 35.8 Å². The van der Waals surface area contributed by atoms with Crippen LogP contribution in [0.2, 0.25) is 0 Å². The third-order valence-electron chi connectivity index (χ3n) is 2.87. The van der Waals surface area contributed by atoms with Gasteiger partial charge in [-0.1, -0.05) is 0 Å². The van der Waals surface area contributed by atoms with Gasteiger partial charge in [0, 0.05) is 19.3 Å². The molecule has 0 bridgehead atoms. The summed E-state index contributed by atoms with van der Waals surface area (Å²) in [4.78, 5) is 29.2. The molecule has 6 nitrogen and oxygen atoms in total. The predicted octanol–water partition coefficient (Wildman–Crippen LogP) is 2.41. The van der Waals surface area contributed by atoms with E-state index in [1.54, 1.807) is 13.0 Å². The van der Waals surface area contributed by atoms with Crippen LogP contribution < -0.4 is 4.90 Å². The number of rotatable bonds is 7. The Hall–Kier alpha value is -1.63. The lowest BCUT2D eigenvalue weighted by molar-refractivity contribution is -0.142. The van der Waals surface area contributed by atoms with Crippen molar-refractivity contribution in [1.82, 2.24) is 4.98 Å². The van der Waals surface area contributed by atoms with E-state index in [2.05, 4.69) is 20.9 Å². The summed E-state index contributed by atoms with van der Waals surface area (Å²) in [6.45, 7) is 5.17. The maximum absolute atomic E-state index is 11.8. The molecule has 1 heterocycles. The van der Waals surface area contributed by atoms with E-state index in [0.717, 1.165) is 0 Å². The standard InChI is InChI=1S/C14H19BrN2O4/c1-4-17(7-6-13(18)21-5-2)11-8-12(15)16-9-10(11)14(19)20-3/h8-9H,4-7H2,1-3H3. The zero-order chi connectivity index (χ0) is 15.8. The molecule has 0 fully saturated rings. The highest BCUT2D eigenvalue weighted by atomic mass is 79.9. The number of carbonyl (C=O) groups excluding carboxylic acids is 2. The van der Waals surface area contributed by atoms with Gasteiger partial charge in [0.2, 0.25) is 0 Å². The van der Waals surface area contributed by atoms with Gasteiger partial charge in [-0.2, -0.15) is 0 Å². The van der Waals surface area contributed by atoms with Crippen LogP contribution in [0.25, 0.3) is 0 Å². The van der Waals surface area contributed by atoms with Gasteiger partial charge in [0.15, 0.2) is 0 Å². The minimum atomic E-state index is -0.459. The molecular weight excluding hydrogens is 340 g/mol. The summed E-state index contributed by atoms with van der Waals surface area (Å²) >= 11 is 3.29. The van der Waals surface area contributed by atoms with Crippen molar-refractivity contribution in [2.24, 2.45) is 0 Å². The van der Waals surface area contributed by atoms with Gasteiger partial charge in [0.25, 0.3) is 0 Å². The fraction of sp³-hybridized carbons (Fsp3) is 0.500. The number of carbonyl (C=O) groups is 2. The highest BCUT2D eigenvalue weighted by Gasteiger charge is 2.18. The van der Waals surface area contributed by atoms with Crippen molar-refractivity contribution < 1.29 is 19.1 Å². The zero-order valence-electron chi connectivity index (χ0n) is 12.4. The van der Waals surface area contributed by atoms with Crippen LogP contribution in [-0.4, -0.2) is 43.7 Å². The molecule has 0 saturated carbocycles. The summed E-state index contributed by atoms with van der Waals surface area (Å²) in [6.07, 6.45) is 1.71. The van der Waals surface area contributed by atoms with E-state index in [4.69, 9.17) is 9.47 Å². The summed E-state index contributed by atoms with van der Waals surface area (Å²) in [5.74, 6) is -0.719. The lowest BCUT2D eigenvalue weighted by Crippen LogP contribution is -2.28. The van der Waals surface area contributed by atoms with Gasteiger partial charge >= 0.3 is 11.9 Å². The molecule has 0 radical (unpaired) electrons. The van der Waals surface area contributed by atoms with E-state index in [1.165, 1.54) is 13.3 Å². The van der Waals surface area contributed by atoms with Gasteiger partial charge in [-0.15, -0.1) is 0 Å². The van der Waals surface area contributed by atoms with Gasteiger partial charge in [0.05, 0.1) is 25.8 Å². The Labute approximate surface area is 132 Å². The molecule has 0 N–H and O–H groups in total. The molecule has 0 aliphatic carbocycles. The van der Waals surface area contributed by atoms with Crippen molar-refractivity contribution in [2.75, 3.05) is 31.7 Å². The molecule has 7 heteroatoms. The van der Waals surface area contributed by atoms with Crippen LogP contribution in [0.5, 0.6) is 0 Å². The molecule has 0 aliphatic rings. The topological polar surface area (TPSA) is 68.7 Å². The minimum Gasteiger partial charge on any atom is -0.466 e. The number of aromatic nitrogens is 1. The fourth-order valence-corrected chi connectivity index (χ4v) is 2.18. The van der Waals surface area contributed by atoms with Gasteiger partial charge < -0.3 is 14.4 Å². The molecule has 0 aliphatic heterocycles. The average molecular weight is 359 g/mol.